The second-order valence-electron chi connectivity index (χ2n) is 5.23. The largest absolute Gasteiger partial charge is 0.484 e. The molecule has 1 amide bonds. The molecule has 0 radical (unpaired) electrons. The highest BCUT2D eigenvalue weighted by Gasteiger charge is 2.04. The Bertz CT molecular complexity index is 905. The first-order chi connectivity index (χ1) is 11.7. The summed E-state index contributed by atoms with van der Waals surface area (Å²) in [6, 6.07) is 16.6. The Labute approximate surface area is 138 Å². The van der Waals surface area contributed by atoms with Crippen LogP contribution in [0.4, 0.5) is 0 Å². The molecule has 122 valence electrons. The fourth-order valence-electron chi connectivity index (χ4n) is 2.31. The van der Waals surface area contributed by atoms with Crippen LogP contribution < -0.4 is 15.6 Å². The first-order valence-electron chi connectivity index (χ1n) is 7.63. The predicted molar refractivity (Wildman–Crippen MR) is 90.9 cm³/mol. The van der Waals surface area contributed by atoms with E-state index in [4.69, 9.17) is 4.74 Å². The van der Waals surface area contributed by atoms with Gasteiger partial charge in [0.1, 0.15) is 5.75 Å². The molecule has 6 nitrogen and oxygen atoms in total. The molecule has 0 unspecified atom stereocenters. The van der Waals surface area contributed by atoms with Gasteiger partial charge in [0, 0.05) is 18.8 Å². The lowest BCUT2D eigenvalue weighted by Crippen LogP contribution is -2.34. The lowest BCUT2D eigenvalue weighted by molar-refractivity contribution is -0.123. The van der Waals surface area contributed by atoms with E-state index in [0.29, 0.717) is 18.8 Å². The van der Waals surface area contributed by atoms with Crippen LogP contribution in [0.2, 0.25) is 0 Å². The summed E-state index contributed by atoms with van der Waals surface area (Å²) in [4.78, 5) is 23.3. The molecule has 0 aliphatic carbocycles. The number of aromatic nitrogens is 2. The summed E-state index contributed by atoms with van der Waals surface area (Å²) in [5, 5.41) is 8.80. The van der Waals surface area contributed by atoms with Gasteiger partial charge in [0.2, 0.25) is 0 Å². The standard InChI is InChI=1S/C18H17N3O3/c22-17(19-10-11-21-18(23)6-3-9-20-21)13-24-16-8-7-14-4-1-2-5-15(14)12-16/h1-9,12H,10-11,13H2,(H,19,22). The molecule has 24 heavy (non-hydrogen) atoms. The molecule has 1 heterocycles. The molecule has 6 heteroatoms. The van der Waals surface area contributed by atoms with Crippen LogP contribution in [0, 0.1) is 0 Å². The molecule has 0 spiro atoms. The molecular weight excluding hydrogens is 306 g/mol. The van der Waals surface area contributed by atoms with Crippen molar-refractivity contribution in [3.63, 3.8) is 0 Å². The first kappa shape index (κ1) is 15.7. The van der Waals surface area contributed by atoms with Crippen LogP contribution in [-0.4, -0.2) is 28.8 Å². The molecular formula is C18H17N3O3. The number of ether oxygens (including phenoxy) is 1. The maximum absolute atomic E-state index is 11.8. The van der Waals surface area contributed by atoms with E-state index < -0.39 is 0 Å². The summed E-state index contributed by atoms with van der Waals surface area (Å²) in [6.07, 6.45) is 1.53. The quantitative estimate of drug-likeness (QED) is 0.748. The average molecular weight is 323 g/mol. The van der Waals surface area contributed by atoms with Crippen molar-refractivity contribution < 1.29 is 9.53 Å². The minimum atomic E-state index is -0.243. The lowest BCUT2D eigenvalue weighted by atomic mass is 10.1. The summed E-state index contributed by atoms with van der Waals surface area (Å²) >= 11 is 0. The number of benzene rings is 2. The van der Waals surface area contributed by atoms with E-state index >= 15 is 0 Å². The number of rotatable bonds is 6. The average Bonchev–Trinajstić information content (AvgIpc) is 2.61. The van der Waals surface area contributed by atoms with E-state index in [-0.39, 0.29) is 18.1 Å². The molecule has 2 aromatic carbocycles. The number of carbonyl (C=O) groups excluding carboxylic acids is 1. The van der Waals surface area contributed by atoms with E-state index in [1.54, 1.807) is 6.07 Å². The van der Waals surface area contributed by atoms with Gasteiger partial charge in [-0.3, -0.25) is 9.59 Å². The van der Waals surface area contributed by atoms with Crippen LogP contribution >= 0.6 is 0 Å². The fraction of sp³-hybridized carbons (Fsp3) is 0.167. The second kappa shape index (κ2) is 7.41. The molecule has 0 fully saturated rings. The monoisotopic (exact) mass is 323 g/mol. The van der Waals surface area contributed by atoms with Crippen molar-refractivity contribution in [3.05, 3.63) is 71.1 Å². The van der Waals surface area contributed by atoms with Gasteiger partial charge in [-0.1, -0.05) is 30.3 Å². The topological polar surface area (TPSA) is 73.2 Å². The van der Waals surface area contributed by atoms with Gasteiger partial charge < -0.3 is 10.1 Å². The number of hydrogen-bond donors (Lipinski definition) is 1. The predicted octanol–water partition coefficient (Wildman–Crippen LogP) is 1.59. The summed E-state index contributed by atoms with van der Waals surface area (Å²) in [6.45, 7) is 0.563. The Morgan fingerprint density at radius 3 is 2.75 bits per heavy atom. The molecule has 3 aromatic rings. The Morgan fingerprint density at radius 2 is 1.92 bits per heavy atom. The van der Waals surface area contributed by atoms with Gasteiger partial charge in [-0.05, 0) is 29.0 Å². The van der Waals surface area contributed by atoms with E-state index in [9.17, 15) is 9.59 Å². The van der Waals surface area contributed by atoms with Crippen LogP contribution in [0.1, 0.15) is 0 Å². The van der Waals surface area contributed by atoms with E-state index in [1.165, 1.54) is 16.9 Å². The molecule has 0 atom stereocenters. The zero-order valence-corrected chi connectivity index (χ0v) is 13.0. The number of nitrogens with one attached hydrogen (secondary N) is 1. The van der Waals surface area contributed by atoms with Crippen LogP contribution in [-0.2, 0) is 11.3 Å². The summed E-state index contributed by atoms with van der Waals surface area (Å²) in [7, 11) is 0. The lowest BCUT2D eigenvalue weighted by Gasteiger charge is -2.09. The summed E-state index contributed by atoms with van der Waals surface area (Å²) in [5.41, 5.74) is -0.195. The van der Waals surface area contributed by atoms with Crippen molar-refractivity contribution in [3.8, 4) is 5.75 Å². The van der Waals surface area contributed by atoms with Crippen LogP contribution in [0.15, 0.2) is 65.6 Å². The van der Waals surface area contributed by atoms with Crippen molar-refractivity contribution in [1.29, 1.82) is 0 Å². The minimum absolute atomic E-state index is 0.0740. The molecule has 3 rings (SSSR count). The Kier molecular flexibility index (Phi) is 4.86. The van der Waals surface area contributed by atoms with E-state index in [0.717, 1.165) is 10.8 Å². The van der Waals surface area contributed by atoms with Gasteiger partial charge in [0.05, 0.1) is 6.54 Å². The Balaban J connectivity index is 1.48. The smallest absolute Gasteiger partial charge is 0.266 e. The molecule has 1 N–H and O–H groups in total. The highest BCUT2D eigenvalue weighted by Crippen LogP contribution is 2.20. The van der Waals surface area contributed by atoms with Crippen molar-refractivity contribution in [2.24, 2.45) is 0 Å². The molecule has 1 aromatic heterocycles. The first-order valence-corrected chi connectivity index (χ1v) is 7.63. The number of nitrogens with zero attached hydrogens (tertiary/aromatic N) is 2. The van der Waals surface area contributed by atoms with Crippen LogP contribution in [0.5, 0.6) is 5.75 Å². The Morgan fingerprint density at radius 1 is 1.08 bits per heavy atom. The van der Waals surface area contributed by atoms with Gasteiger partial charge in [0.15, 0.2) is 6.61 Å². The van der Waals surface area contributed by atoms with Gasteiger partial charge in [-0.25, -0.2) is 4.68 Å². The molecule has 0 aliphatic rings. The van der Waals surface area contributed by atoms with Crippen LogP contribution in [0.3, 0.4) is 0 Å². The third-order valence-corrected chi connectivity index (χ3v) is 3.52. The van der Waals surface area contributed by atoms with Crippen LogP contribution in [0.25, 0.3) is 10.8 Å². The highest BCUT2D eigenvalue weighted by molar-refractivity contribution is 5.84. The van der Waals surface area contributed by atoms with Gasteiger partial charge >= 0.3 is 0 Å². The third-order valence-electron chi connectivity index (χ3n) is 3.52. The third kappa shape index (κ3) is 3.98. The summed E-state index contributed by atoms with van der Waals surface area (Å²) < 4.78 is 6.80. The maximum atomic E-state index is 11.8. The number of carbonyl (C=O) groups is 1. The summed E-state index contributed by atoms with van der Waals surface area (Å²) in [5.74, 6) is 0.400. The molecule has 0 bridgehead atoms. The van der Waals surface area contributed by atoms with Crippen molar-refractivity contribution >= 4 is 16.7 Å². The molecule has 0 saturated heterocycles. The fourth-order valence-corrected chi connectivity index (χ4v) is 2.31. The molecule has 0 saturated carbocycles. The van der Waals surface area contributed by atoms with Gasteiger partial charge in [0.25, 0.3) is 11.5 Å². The SMILES string of the molecule is O=C(COc1ccc2ccccc2c1)NCCn1ncccc1=O. The zero-order chi connectivity index (χ0) is 16.8. The minimum Gasteiger partial charge on any atom is -0.484 e. The number of hydrogen-bond acceptors (Lipinski definition) is 4. The number of fused-ring (bicyclic) bond motifs is 1. The van der Waals surface area contributed by atoms with Gasteiger partial charge in [-0.15, -0.1) is 0 Å². The zero-order valence-electron chi connectivity index (χ0n) is 13.0. The maximum Gasteiger partial charge on any atom is 0.266 e. The second-order valence-corrected chi connectivity index (χ2v) is 5.23. The van der Waals surface area contributed by atoms with Crippen molar-refractivity contribution in [2.75, 3.05) is 13.2 Å². The van der Waals surface area contributed by atoms with Crippen molar-refractivity contribution in [1.82, 2.24) is 15.1 Å². The molecule has 0 aliphatic heterocycles. The van der Waals surface area contributed by atoms with E-state index in [2.05, 4.69) is 10.4 Å². The Hall–Kier alpha value is -3.15. The van der Waals surface area contributed by atoms with E-state index in [1.807, 2.05) is 42.5 Å². The number of amides is 1. The van der Waals surface area contributed by atoms with Crippen molar-refractivity contribution in [2.45, 2.75) is 6.54 Å². The highest BCUT2D eigenvalue weighted by atomic mass is 16.5. The normalized spacial score (nSPS) is 10.5. The van der Waals surface area contributed by atoms with Gasteiger partial charge in [-0.2, -0.15) is 5.10 Å².